The SMILES string of the molecule is O/N=C/c1cccc[n+]1Cc1ccc(C[n+]2ccccc2/C=N/O)cc1.[Br-].[Br-]. The Labute approximate surface area is 184 Å². The quantitative estimate of drug-likeness (QED) is 0.154. The van der Waals surface area contributed by atoms with Gasteiger partial charge in [0.2, 0.25) is 11.4 Å². The summed E-state index contributed by atoms with van der Waals surface area (Å²) in [6.07, 6.45) is 6.74. The van der Waals surface area contributed by atoms with Crippen LogP contribution in [0, 0.1) is 0 Å². The van der Waals surface area contributed by atoms with Crippen LogP contribution in [0.15, 0.2) is 83.4 Å². The molecule has 0 aliphatic rings. The zero-order chi connectivity index (χ0) is 18.2. The summed E-state index contributed by atoms with van der Waals surface area (Å²) in [6, 6.07) is 19.8. The van der Waals surface area contributed by atoms with E-state index in [4.69, 9.17) is 10.4 Å². The van der Waals surface area contributed by atoms with Gasteiger partial charge in [-0.15, -0.1) is 0 Å². The summed E-state index contributed by atoms with van der Waals surface area (Å²) >= 11 is 0. The molecule has 6 nitrogen and oxygen atoms in total. The first-order chi connectivity index (χ1) is 12.8. The Hall–Kier alpha value is -2.58. The molecule has 0 aliphatic carbocycles. The highest BCUT2D eigenvalue weighted by atomic mass is 79.9. The number of hydrogen-bond donors (Lipinski definition) is 2. The first kappa shape index (κ1) is 23.5. The van der Waals surface area contributed by atoms with Gasteiger partial charge in [0.15, 0.2) is 25.5 Å². The van der Waals surface area contributed by atoms with Gasteiger partial charge in [0.05, 0.1) is 0 Å². The van der Waals surface area contributed by atoms with Crippen LogP contribution in [-0.2, 0) is 13.1 Å². The standard InChI is InChI=1S/C20H18N4O2.2BrH/c25-21-13-19-5-1-3-11-23(19)15-17-7-9-18(10-8-17)16-24-12-4-2-6-20(24)14-22-26;;/h1-14H,15-16H2;2*1H. The van der Waals surface area contributed by atoms with Gasteiger partial charge in [-0.3, -0.25) is 0 Å². The Morgan fingerprint density at radius 1 is 0.643 bits per heavy atom. The van der Waals surface area contributed by atoms with E-state index < -0.39 is 0 Å². The number of benzene rings is 1. The third-order valence-electron chi connectivity index (χ3n) is 4.06. The van der Waals surface area contributed by atoms with E-state index in [1.807, 2.05) is 57.9 Å². The second kappa shape index (κ2) is 12.0. The highest BCUT2D eigenvalue weighted by Gasteiger charge is 2.11. The summed E-state index contributed by atoms with van der Waals surface area (Å²) in [6.45, 7) is 1.37. The molecule has 0 amide bonds. The van der Waals surface area contributed by atoms with Crippen molar-refractivity contribution in [1.82, 2.24) is 0 Å². The molecule has 28 heavy (non-hydrogen) atoms. The Morgan fingerprint density at radius 3 is 1.39 bits per heavy atom. The van der Waals surface area contributed by atoms with Gasteiger partial charge < -0.3 is 44.4 Å². The minimum Gasteiger partial charge on any atom is -1.00 e. The van der Waals surface area contributed by atoms with Crippen molar-refractivity contribution in [2.75, 3.05) is 0 Å². The second-order valence-corrected chi connectivity index (χ2v) is 5.81. The molecule has 146 valence electrons. The van der Waals surface area contributed by atoms with Gasteiger partial charge in [-0.2, -0.15) is 9.13 Å². The average Bonchev–Trinajstić information content (AvgIpc) is 2.67. The van der Waals surface area contributed by atoms with Crippen molar-refractivity contribution in [1.29, 1.82) is 0 Å². The number of rotatable bonds is 6. The summed E-state index contributed by atoms with van der Waals surface area (Å²) in [7, 11) is 0. The van der Waals surface area contributed by atoms with Crippen molar-refractivity contribution in [2.24, 2.45) is 10.3 Å². The molecule has 0 atom stereocenters. The lowest BCUT2D eigenvalue weighted by atomic mass is 10.1. The van der Waals surface area contributed by atoms with E-state index in [0.29, 0.717) is 13.1 Å². The maximum Gasteiger partial charge on any atom is 0.227 e. The highest BCUT2D eigenvalue weighted by molar-refractivity contribution is 5.74. The first-order valence-electron chi connectivity index (χ1n) is 8.20. The van der Waals surface area contributed by atoms with Crippen molar-refractivity contribution >= 4 is 12.4 Å². The van der Waals surface area contributed by atoms with Crippen LogP contribution in [0.2, 0.25) is 0 Å². The maximum absolute atomic E-state index is 8.78. The van der Waals surface area contributed by atoms with Gasteiger partial charge in [0.1, 0.15) is 12.4 Å². The fourth-order valence-corrected chi connectivity index (χ4v) is 2.76. The lowest BCUT2D eigenvalue weighted by Gasteiger charge is -2.03. The number of aromatic nitrogens is 2. The summed E-state index contributed by atoms with van der Waals surface area (Å²) in [5.41, 5.74) is 3.94. The normalized spacial score (nSPS) is 10.6. The van der Waals surface area contributed by atoms with E-state index in [2.05, 4.69) is 34.6 Å². The molecule has 0 spiro atoms. The van der Waals surface area contributed by atoms with E-state index in [0.717, 1.165) is 22.5 Å². The van der Waals surface area contributed by atoms with Crippen LogP contribution in [0.4, 0.5) is 0 Å². The molecule has 1 aromatic carbocycles. The minimum absolute atomic E-state index is 0. The average molecular weight is 508 g/mol. The molecule has 0 fully saturated rings. The zero-order valence-corrected chi connectivity index (χ0v) is 18.1. The van der Waals surface area contributed by atoms with Gasteiger partial charge >= 0.3 is 0 Å². The smallest absolute Gasteiger partial charge is 0.227 e. The highest BCUT2D eigenvalue weighted by Crippen LogP contribution is 2.05. The molecule has 0 radical (unpaired) electrons. The monoisotopic (exact) mass is 506 g/mol. The van der Waals surface area contributed by atoms with E-state index in [1.54, 1.807) is 0 Å². The predicted molar refractivity (Wildman–Crippen MR) is 96.7 cm³/mol. The Morgan fingerprint density at radius 2 is 1.04 bits per heavy atom. The summed E-state index contributed by atoms with van der Waals surface area (Å²) < 4.78 is 4.02. The number of nitrogens with zero attached hydrogens (tertiary/aromatic N) is 4. The van der Waals surface area contributed by atoms with Crippen LogP contribution in [0.5, 0.6) is 0 Å². The topological polar surface area (TPSA) is 72.9 Å². The van der Waals surface area contributed by atoms with Crippen LogP contribution >= 0.6 is 0 Å². The molecule has 0 saturated heterocycles. The molecule has 0 aliphatic heterocycles. The maximum atomic E-state index is 8.78. The second-order valence-electron chi connectivity index (χ2n) is 5.81. The van der Waals surface area contributed by atoms with E-state index in [9.17, 15) is 0 Å². The van der Waals surface area contributed by atoms with Gasteiger partial charge in [-0.05, 0) is 12.1 Å². The third kappa shape index (κ3) is 6.24. The van der Waals surface area contributed by atoms with Crippen molar-refractivity contribution < 1.29 is 53.5 Å². The fourth-order valence-electron chi connectivity index (χ4n) is 2.76. The molecular formula is C20H20Br2N4O2. The van der Waals surface area contributed by atoms with Crippen molar-refractivity contribution in [2.45, 2.75) is 13.1 Å². The van der Waals surface area contributed by atoms with E-state index in [-0.39, 0.29) is 34.0 Å². The molecule has 2 aromatic heterocycles. The van der Waals surface area contributed by atoms with Crippen molar-refractivity contribution in [3.05, 3.63) is 95.6 Å². The molecule has 3 rings (SSSR count). The zero-order valence-electron chi connectivity index (χ0n) is 14.9. The van der Waals surface area contributed by atoms with Crippen LogP contribution in [-0.4, -0.2) is 22.8 Å². The number of pyridine rings is 2. The molecule has 0 unspecified atom stereocenters. The van der Waals surface area contributed by atoms with Gasteiger partial charge in [0.25, 0.3) is 0 Å². The molecule has 2 N–H and O–H groups in total. The van der Waals surface area contributed by atoms with Crippen LogP contribution in [0.3, 0.4) is 0 Å². The molecule has 0 bridgehead atoms. The third-order valence-corrected chi connectivity index (χ3v) is 4.06. The number of hydrogen-bond acceptors (Lipinski definition) is 4. The largest absolute Gasteiger partial charge is 1.00 e. The molecule has 8 heteroatoms. The molecule has 3 aromatic rings. The lowest BCUT2D eigenvalue weighted by molar-refractivity contribution is -0.689. The molecule has 0 saturated carbocycles. The Balaban J connectivity index is 0.00000196. The summed E-state index contributed by atoms with van der Waals surface area (Å²) in [5.74, 6) is 0. The van der Waals surface area contributed by atoms with Gasteiger partial charge in [0, 0.05) is 35.4 Å². The summed E-state index contributed by atoms with van der Waals surface area (Å²) in [5, 5.41) is 23.8. The Kier molecular flexibility index (Phi) is 10.0. The number of halogens is 2. The van der Waals surface area contributed by atoms with Crippen molar-refractivity contribution in [3.8, 4) is 0 Å². The molecule has 2 heterocycles. The van der Waals surface area contributed by atoms with Gasteiger partial charge in [-0.25, -0.2) is 0 Å². The number of oxime groups is 2. The van der Waals surface area contributed by atoms with E-state index in [1.165, 1.54) is 12.4 Å². The predicted octanol–water partition coefficient (Wildman–Crippen LogP) is -4.02. The van der Waals surface area contributed by atoms with Crippen LogP contribution < -0.4 is 43.1 Å². The van der Waals surface area contributed by atoms with Crippen molar-refractivity contribution in [3.63, 3.8) is 0 Å². The van der Waals surface area contributed by atoms with Crippen LogP contribution in [0.25, 0.3) is 0 Å². The van der Waals surface area contributed by atoms with Gasteiger partial charge in [-0.1, -0.05) is 34.6 Å². The molecular weight excluding hydrogens is 488 g/mol. The van der Waals surface area contributed by atoms with E-state index >= 15 is 0 Å². The lowest BCUT2D eigenvalue weighted by Crippen LogP contribution is -3.00. The first-order valence-corrected chi connectivity index (χ1v) is 8.20. The fraction of sp³-hybridized carbons (Fsp3) is 0.100. The minimum atomic E-state index is 0. The Bertz CT molecular complexity index is 855. The summed E-state index contributed by atoms with van der Waals surface area (Å²) in [4.78, 5) is 0. The van der Waals surface area contributed by atoms with Crippen LogP contribution in [0.1, 0.15) is 22.5 Å².